The van der Waals surface area contributed by atoms with Crippen molar-refractivity contribution in [2.75, 3.05) is 0 Å². The highest BCUT2D eigenvalue weighted by molar-refractivity contribution is 6.13. The fourth-order valence-corrected chi connectivity index (χ4v) is 13.4. The first kappa shape index (κ1) is 51.7. The summed E-state index contributed by atoms with van der Waals surface area (Å²) in [6.45, 7) is 24.1. The Morgan fingerprint density at radius 1 is 0.321 bits per heavy atom. The van der Waals surface area contributed by atoms with Gasteiger partial charge >= 0.3 is 12.4 Å². The van der Waals surface area contributed by atoms with Crippen molar-refractivity contribution in [2.45, 2.75) is 95.4 Å². The van der Waals surface area contributed by atoms with Crippen LogP contribution in [0.4, 0.5) is 26.3 Å². The van der Waals surface area contributed by atoms with Crippen LogP contribution >= 0.6 is 0 Å². The standard InChI is InChI=1S/C69H57F6N3/c1-35-21-39(5)62(40(6)22-35)47-15-19-56-53(29-47)51-17-13-49(64-43(9)25-37(3)26-44(64)10)31-58(51)77(56)60-33-61(67(69(73,74)75)55(34-76)66(60)68(70,71)72)78-57-20-16-48(63-41(7)23-36(2)24-42(63)8)30-54(57)52-18-14-50(32-59(52)78)65-45(11)27-38(4)28-46(65)12/h13-33H,1-12H3. The molecule has 78 heavy (non-hydrogen) atoms. The zero-order valence-corrected chi connectivity index (χ0v) is 45.7. The molecule has 11 aromatic rings. The van der Waals surface area contributed by atoms with E-state index in [0.29, 0.717) is 43.6 Å². The van der Waals surface area contributed by atoms with E-state index in [1.807, 2.05) is 168 Å². The summed E-state index contributed by atoms with van der Waals surface area (Å²) in [5, 5.41) is 13.4. The van der Waals surface area contributed by atoms with Gasteiger partial charge in [-0.25, -0.2) is 0 Å². The fourth-order valence-electron chi connectivity index (χ4n) is 13.4. The van der Waals surface area contributed by atoms with Crippen LogP contribution in [-0.2, 0) is 12.4 Å². The molecule has 0 bridgehead atoms. The Morgan fingerprint density at radius 2 is 0.590 bits per heavy atom. The molecule has 3 nitrogen and oxygen atoms in total. The lowest BCUT2D eigenvalue weighted by Gasteiger charge is -2.25. The first-order valence-electron chi connectivity index (χ1n) is 26.1. The molecule has 9 aromatic carbocycles. The van der Waals surface area contributed by atoms with Crippen LogP contribution in [0.15, 0.2) is 127 Å². The van der Waals surface area contributed by atoms with Gasteiger partial charge in [0.25, 0.3) is 0 Å². The number of rotatable bonds is 6. The Balaban J connectivity index is 1.32. The van der Waals surface area contributed by atoms with Crippen molar-refractivity contribution in [3.63, 3.8) is 0 Å². The van der Waals surface area contributed by atoms with Gasteiger partial charge in [0.2, 0.25) is 0 Å². The van der Waals surface area contributed by atoms with E-state index >= 15 is 26.3 Å². The molecule has 0 atom stereocenters. The third kappa shape index (κ3) is 8.36. The number of aromatic nitrogens is 2. The van der Waals surface area contributed by atoms with Gasteiger partial charge in [-0.3, -0.25) is 0 Å². The monoisotopic (exact) mass is 1040 g/mol. The number of hydrogen-bond acceptors (Lipinski definition) is 1. The Labute approximate surface area is 450 Å². The lowest BCUT2D eigenvalue weighted by atomic mass is 9.92. The number of benzene rings is 9. The molecule has 0 amide bonds. The second-order valence-electron chi connectivity index (χ2n) is 21.8. The molecule has 390 valence electrons. The minimum absolute atomic E-state index is 0.328. The average Bonchev–Trinajstić information content (AvgIpc) is 2.87. The normalized spacial score (nSPS) is 12.2. The van der Waals surface area contributed by atoms with Crippen molar-refractivity contribution in [1.82, 2.24) is 9.13 Å². The number of halogens is 6. The van der Waals surface area contributed by atoms with E-state index in [-0.39, 0.29) is 0 Å². The molecule has 0 radical (unpaired) electrons. The predicted molar refractivity (Wildman–Crippen MR) is 308 cm³/mol. The van der Waals surface area contributed by atoms with Crippen LogP contribution in [0.2, 0.25) is 0 Å². The minimum Gasteiger partial charge on any atom is -0.308 e. The maximum absolute atomic E-state index is 16.4. The summed E-state index contributed by atoms with van der Waals surface area (Å²) in [7, 11) is 0. The van der Waals surface area contributed by atoms with Crippen molar-refractivity contribution in [2.24, 2.45) is 0 Å². The van der Waals surface area contributed by atoms with Crippen molar-refractivity contribution in [1.29, 1.82) is 5.26 Å². The summed E-state index contributed by atoms with van der Waals surface area (Å²) in [4.78, 5) is 0. The van der Waals surface area contributed by atoms with E-state index in [9.17, 15) is 5.26 Å². The van der Waals surface area contributed by atoms with Crippen LogP contribution < -0.4 is 0 Å². The second-order valence-corrected chi connectivity index (χ2v) is 21.8. The summed E-state index contributed by atoms with van der Waals surface area (Å²) in [5.41, 5.74) is 14.3. The van der Waals surface area contributed by atoms with Crippen molar-refractivity contribution < 1.29 is 26.3 Å². The smallest absolute Gasteiger partial charge is 0.308 e. The van der Waals surface area contributed by atoms with E-state index in [4.69, 9.17) is 0 Å². The number of aryl methyl sites for hydroxylation is 12. The Bertz CT molecular complexity index is 4070. The quantitative estimate of drug-likeness (QED) is 0.153. The molecule has 0 aliphatic rings. The molecule has 0 aliphatic heterocycles. The largest absolute Gasteiger partial charge is 0.419 e. The zero-order chi connectivity index (χ0) is 55.8. The highest BCUT2D eigenvalue weighted by Gasteiger charge is 2.46. The molecule has 0 aliphatic carbocycles. The maximum atomic E-state index is 16.4. The van der Waals surface area contributed by atoms with E-state index in [2.05, 4.69) is 24.3 Å². The van der Waals surface area contributed by atoms with Crippen molar-refractivity contribution in [3.8, 4) is 62.0 Å². The van der Waals surface area contributed by atoms with Crippen LogP contribution in [0.5, 0.6) is 0 Å². The molecule has 2 aromatic heterocycles. The van der Waals surface area contributed by atoms with Gasteiger partial charge in [0.15, 0.2) is 0 Å². The molecule has 0 saturated carbocycles. The van der Waals surface area contributed by atoms with E-state index in [0.717, 1.165) is 117 Å². The Morgan fingerprint density at radius 3 is 0.859 bits per heavy atom. The molecular formula is C69H57F6N3. The van der Waals surface area contributed by atoms with E-state index < -0.39 is 40.4 Å². The number of alkyl halides is 6. The van der Waals surface area contributed by atoms with Gasteiger partial charge in [-0.05, 0) is 215 Å². The summed E-state index contributed by atoms with van der Waals surface area (Å²) in [6, 6.07) is 41.6. The van der Waals surface area contributed by atoms with Gasteiger partial charge in [0, 0.05) is 21.5 Å². The lowest BCUT2D eigenvalue weighted by Crippen LogP contribution is -2.21. The molecule has 0 N–H and O–H groups in total. The molecule has 0 unspecified atom stereocenters. The van der Waals surface area contributed by atoms with Crippen LogP contribution in [-0.4, -0.2) is 9.13 Å². The molecule has 2 heterocycles. The highest BCUT2D eigenvalue weighted by atomic mass is 19.4. The second kappa shape index (κ2) is 18.4. The highest BCUT2D eigenvalue weighted by Crippen LogP contribution is 2.50. The third-order valence-electron chi connectivity index (χ3n) is 15.8. The fraction of sp³-hybridized carbons (Fsp3) is 0.203. The molecule has 0 spiro atoms. The summed E-state index contributed by atoms with van der Waals surface area (Å²) in [6.07, 6.45) is -10.9. The SMILES string of the molecule is Cc1cc(C)c(-c2ccc3c(c2)c2ccc(-c4c(C)cc(C)cc4C)cc2n3-c2cc(-n3c4ccc(-c5c(C)cc(C)cc5C)cc4c4ccc(-c5c(C)cc(C)cc5C)cc43)c(C(F)(F)F)c(C#N)c2C(F)(F)F)c(C)c1. The lowest BCUT2D eigenvalue weighted by molar-refractivity contribution is -0.143. The van der Waals surface area contributed by atoms with Gasteiger partial charge in [-0.2, -0.15) is 31.6 Å². The first-order valence-corrected chi connectivity index (χ1v) is 26.1. The number of hydrogen-bond donors (Lipinski definition) is 0. The van der Waals surface area contributed by atoms with Gasteiger partial charge in [-0.15, -0.1) is 0 Å². The molecule has 0 saturated heterocycles. The average molecular weight is 1040 g/mol. The number of nitrogens with zero attached hydrogens (tertiary/aromatic N) is 3. The predicted octanol–water partition coefficient (Wildman–Crippen LogP) is 20.2. The van der Waals surface area contributed by atoms with Crippen molar-refractivity contribution in [3.05, 3.63) is 211 Å². The van der Waals surface area contributed by atoms with Gasteiger partial charge < -0.3 is 9.13 Å². The van der Waals surface area contributed by atoms with Gasteiger partial charge in [0.1, 0.15) is 6.07 Å². The van der Waals surface area contributed by atoms with E-state index in [1.165, 1.54) is 15.2 Å². The molecule has 0 fully saturated rings. The van der Waals surface area contributed by atoms with Crippen LogP contribution in [0, 0.1) is 94.4 Å². The summed E-state index contributed by atoms with van der Waals surface area (Å²) in [5.74, 6) is 0. The molecule has 11 rings (SSSR count). The molecule has 9 heteroatoms. The minimum atomic E-state index is -5.44. The Hall–Kier alpha value is -8.35. The molecular weight excluding hydrogens is 985 g/mol. The first-order chi connectivity index (χ1) is 36.8. The van der Waals surface area contributed by atoms with Crippen molar-refractivity contribution >= 4 is 43.6 Å². The summed E-state index contributed by atoms with van der Waals surface area (Å²) < 4.78 is 101. The van der Waals surface area contributed by atoms with Gasteiger partial charge in [0.05, 0.1) is 50.1 Å². The summed E-state index contributed by atoms with van der Waals surface area (Å²) >= 11 is 0. The maximum Gasteiger partial charge on any atom is 0.419 e. The third-order valence-corrected chi connectivity index (χ3v) is 15.8. The van der Waals surface area contributed by atoms with Gasteiger partial charge in [-0.1, -0.05) is 107 Å². The van der Waals surface area contributed by atoms with E-state index in [1.54, 1.807) is 12.1 Å². The number of fused-ring (bicyclic) bond motifs is 6. The number of nitriles is 1. The van der Waals surface area contributed by atoms with Crippen LogP contribution in [0.1, 0.15) is 83.5 Å². The Kier molecular flexibility index (Phi) is 12.2. The van der Waals surface area contributed by atoms with Crippen LogP contribution in [0.3, 0.4) is 0 Å². The zero-order valence-electron chi connectivity index (χ0n) is 45.7. The van der Waals surface area contributed by atoms with Crippen LogP contribution in [0.25, 0.3) is 99.5 Å². The topological polar surface area (TPSA) is 33.6 Å².